The van der Waals surface area contributed by atoms with Crippen molar-refractivity contribution >= 4 is 81.5 Å². The average molecular weight is 639 g/mol. The molecule has 12 rings (SSSR count). The second-order valence-corrected chi connectivity index (χ2v) is 14.2. The van der Waals surface area contributed by atoms with Gasteiger partial charge >= 0.3 is 0 Å². The van der Waals surface area contributed by atoms with E-state index in [2.05, 4.69) is 158 Å². The van der Waals surface area contributed by atoms with Gasteiger partial charge in [-0.15, -0.1) is 0 Å². The highest BCUT2D eigenvalue weighted by Gasteiger charge is 2.13. The number of hydrogen-bond donors (Lipinski definition) is 0. The molecule has 0 fully saturated rings. The molecule has 0 nitrogen and oxygen atoms in total. The van der Waals surface area contributed by atoms with Crippen molar-refractivity contribution < 1.29 is 0 Å². The van der Waals surface area contributed by atoms with Crippen LogP contribution in [-0.2, 0) is 19.3 Å². The highest BCUT2D eigenvalue weighted by atomic mass is 14.2. The Morgan fingerprint density at radius 3 is 1.48 bits per heavy atom. The van der Waals surface area contributed by atoms with E-state index in [0.717, 1.165) is 0 Å². The molecule has 0 saturated carbocycles. The maximum absolute atomic E-state index is 2.37. The smallest absolute Gasteiger partial charge is 0.00268 e. The molecule has 0 aliphatic heterocycles. The highest BCUT2D eigenvalue weighted by Crippen LogP contribution is 2.35. The number of hydrogen-bond acceptors (Lipinski definition) is 0. The van der Waals surface area contributed by atoms with Crippen LogP contribution in [0.2, 0.25) is 0 Å². The van der Waals surface area contributed by atoms with Crippen molar-refractivity contribution in [1.29, 1.82) is 0 Å². The molecule has 238 valence electrons. The molecule has 10 aromatic carbocycles. The number of aryl methyl sites for hydroxylation is 3. The van der Waals surface area contributed by atoms with E-state index in [0.29, 0.717) is 0 Å². The van der Waals surface area contributed by atoms with Gasteiger partial charge in [0.25, 0.3) is 0 Å². The summed E-state index contributed by atoms with van der Waals surface area (Å²) in [5.41, 5.74) is 4.69. The lowest BCUT2D eigenvalue weighted by molar-refractivity contribution is 0.690. The summed E-state index contributed by atoms with van der Waals surface area (Å²) in [4.78, 5) is 0. The molecular weight excluding hydrogens is 601 g/mol. The largest absolute Gasteiger partial charge is 0.0763 e. The number of rotatable bonds is 0. The minimum atomic E-state index is 1.18. The van der Waals surface area contributed by atoms with E-state index in [4.69, 9.17) is 0 Å². The fourth-order valence-electron chi connectivity index (χ4n) is 8.96. The average Bonchev–Trinajstić information content (AvgIpc) is 3.19. The molecule has 0 spiro atoms. The van der Waals surface area contributed by atoms with E-state index in [1.165, 1.54) is 125 Å². The molecule has 0 saturated heterocycles. The van der Waals surface area contributed by atoms with Gasteiger partial charge in [-0.2, -0.15) is 0 Å². The number of benzene rings is 10. The van der Waals surface area contributed by atoms with E-state index in [1.54, 1.807) is 11.1 Å². The molecule has 0 heterocycles. The SMILES string of the molecule is C1=c2ccc3cccc4ccc(c2c43)CC1.c1cc2ccc3cccc4ccc(c1)c2c34.c1ccc2c(c1)ccc1c3c(ccc12)CCCC3. The van der Waals surface area contributed by atoms with Crippen LogP contribution in [0.1, 0.15) is 36.0 Å². The van der Waals surface area contributed by atoms with Crippen LogP contribution in [0.25, 0.3) is 81.5 Å². The molecule has 0 atom stereocenters. The lowest BCUT2D eigenvalue weighted by atomic mass is 9.86. The standard InChI is InChI=1S/C18H16.C16H12.C16H10/c1-3-7-15-13(5-1)9-11-18-16-8-4-2-6-14(16)10-12-17(15)18;2*1-3-11-7-9-13-5-2-6-14-10-8-12(4-1)15(11)16(13)14/h1,3,5,7,9-12H,2,4,6,8H2;1,3-5,7-10H,2,6H2;1-10H. The Kier molecular flexibility index (Phi) is 7.01. The fourth-order valence-corrected chi connectivity index (χ4v) is 8.96. The summed E-state index contributed by atoms with van der Waals surface area (Å²) < 4.78 is 0. The summed E-state index contributed by atoms with van der Waals surface area (Å²) in [7, 11) is 0. The summed E-state index contributed by atoms with van der Waals surface area (Å²) in [6.07, 6.45) is 9.96. The first-order chi connectivity index (χ1) is 24.8. The zero-order chi connectivity index (χ0) is 33.0. The summed E-state index contributed by atoms with van der Waals surface area (Å²) in [5.74, 6) is 0. The molecule has 0 unspecified atom stereocenters. The quantitative estimate of drug-likeness (QED) is 0.145. The summed E-state index contributed by atoms with van der Waals surface area (Å²) in [5, 5.41) is 20.9. The van der Waals surface area contributed by atoms with Crippen molar-refractivity contribution in [3.05, 3.63) is 174 Å². The molecule has 2 aliphatic rings. The van der Waals surface area contributed by atoms with Gasteiger partial charge in [-0.05, 0) is 136 Å². The Bertz CT molecular complexity index is 2780. The first-order valence-electron chi connectivity index (χ1n) is 18.3. The van der Waals surface area contributed by atoms with Crippen molar-refractivity contribution in [2.45, 2.75) is 38.5 Å². The van der Waals surface area contributed by atoms with Gasteiger partial charge in [0.05, 0.1) is 0 Å². The number of fused-ring (bicyclic) bond motifs is 5. The van der Waals surface area contributed by atoms with Crippen LogP contribution in [-0.4, -0.2) is 0 Å². The van der Waals surface area contributed by atoms with E-state index < -0.39 is 0 Å². The van der Waals surface area contributed by atoms with Crippen LogP contribution >= 0.6 is 0 Å². The maximum Gasteiger partial charge on any atom is -0.00268 e. The van der Waals surface area contributed by atoms with Crippen LogP contribution in [0.15, 0.2) is 152 Å². The first-order valence-corrected chi connectivity index (χ1v) is 18.3. The van der Waals surface area contributed by atoms with E-state index in [1.807, 2.05) is 0 Å². The highest BCUT2D eigenvalue weighted by molar-refractivity contribution is 6.23. The molecule has 0 amide bonds. The fraction of sp³-hybridized carbons (Fsp3) is 0.120. The summed E-state index contributed by atoms with van der Waals surface area (Å²) in [6, 6.07) is 55.5. The Labute approximate surface area is 292 Å². The van der Waals surface area contributed by atoms with Gasteiger partial charge in [-0.3, -0.25) is 0 Å². The summed E-state index contributed by atoms with van der Waals surface area (Å²) >= 11 is 0. The van der Waals surface area contributed by atoms with Crippen LogP contribution in [0, 0.1) is 0 Å². The van der Waals surface area contributed by atoms with Gasteiger partial charge in [-0.25, -0.2) is 0 Å². The second kappa shape index (κ2) is 12.0. The topological polar surface area (TPSA) is 0 Å². The van der Waals surface area contributed by atoms with Crippen LogP contribution in [0.4, 0.5) is 0 Å². The second-order valence-electron chi connectivity index (χ2n) is 14.2. The van der Waals surface area contributed by atoms with Crippen molar-refractivity contribution in [1.82, 2.24) is 0 Å². The van der Waals surface area contributed by atoms with Gasteiger partial charge in [0.15, 0.2) is 0 Å². The first kappa shape index (κ1) is 29.2. The van der Waals surface area contributed by atoms with E-state index in [-0.39, 0.29) is 0 Å². The van der Waals surface area contributed by atoms with Crippen LogP contribution in [0.5, 0.6) is 0 Å². The van der Waals surface area contributed by atoms with Gasteiger partial charge in [0.2, 0.25) is 0 Å². The molecule has 0 aromatic heterocycles. The monoisotopic (exact) mass is 638 g/mol. The molecule has 2 aliphatic carbocycles. The third-order valence-corrected chi connectivity index (χ3v) is 11.3. The van der Waals surface area contributed by atoms with E-state index in [9.17, 15) is 0 Å². The molecule has 0 N–H and O–H groups in total. The molecule has 0 bridgehead atoms. The van der Waals surface area contributed by atoms with Crippen LogP contribution in [0.3, 0.4) is 0 Å². The van der Waals surface area contributed by atoms with Gasteiger partial charge in [0.1, 0.15) is 0 Å². The zero-order valence-electron chi connectivity index (χ0n) is 28.3. The van der Waals surface area contributed by atoms with Gasteiger partial charge in [-0.1, -0.05) is 158 Å². The maximum atomic E-state index is 2.37. The molecule has 0 radical (unpaired) electrons. The van der Waals surface area contributed by atoms with Crippen molar-refractivity contribution in [3.8, 4) is 0 Å². The summed E-state index contributed by atoms with van der Waals surface area (Å²) in [6.45, 7) is 0. The van der Waals surface area contributed by atoms with Gasteiger partial charge in [0, 0.05) is 0 Å². The molecule has 0 heteroatoms. The normalized spacial score (nSPS) is 13.7. The Morgan fingerprint density at radius 2 is 0.800 bits per heavy atom. The van der Waals surface area contributed by atoms with Crippen LogP contribution < -0.4 is 5.22 Å². The Morgan fingerprint density at radius 1 is 0.300 bits per heavy atom. The Balaban J connectivity index is 0.0000000951. The molecule has 50 heavy (non-hydrogen) atoms. The lowest BCUT2D eigenvalue weighted by Crippen LogP contribution is -2.09. The zero-order valence-corrected chi connectivity index (χ0v) is 28.3. The van der Waals surface area contributed by atoms with Crippen molar-refractivity contribution in [2.75, 3.05) is 0 Å². The Hall–Kier alpha value is -5.72. The molecular formula is C50H38. The minimum Gasteiger partial charge on any atom is -0.0763 e. The third kappa shape index (κ3) is 4.82. The minimum absolute atomic E-state index is 1.18. The predicted octanol–water partition coefficient (Wildman–Crippen LogP) is 12.9. The predicted molar refractivity (Wildman–Crippen MR) is 218 cm³/mol. The third-order valence-electron chi connectivity index (χ3n) is 11.3. The lowest BCUT2D eigenvalue weighted by Gasteiger charge is -2.18. The van der Waals surface area contributed by atoms with Crippen molar-refractivity contribution in [2.24, 2.45) is 0 Å². The van der Waals surface area contributed by atoms with Gasteiger partial charge < -0.3 is 0 Å². The van der Waals surface area contributed by atoms with E-state index >= 15 is 0 Å². The molecule has 10 aromatic rings. The van der Waals surface area contributed by atoms with Crippen molar-refractivity contribution in [3.63, 3.8) is 0 Å².